The van der Waals surface area contributed by atoms with Crippen molar-refractivity contribution in [3.05, 3.63) is 12.2 Å². The summed E-state index contributed by atoms with van der Waals surface area (Å²) in [7, 11) is 1.51. The third kappa shape index (κ3) is 12.9. The van der Waals surface area contributed by atoms with E-state index in [0.29, 0.717) is 19.3 Å². The van der Waals surface area contributed by atoms with Crippen molar-refractivity contribution in [2.45, 2.75) is 116 Å². The standard InChI is InChI=1S/C27H47N3O6/c1-5-6-7-8-12-15-21-16-13-10-9-11-14-20(24(31)28-4)18-23(26(33)34)29-25(32)22(17-19(2)3)30-27(35)36-21/h9,11,19-23H,5-8,10,12-18H2,1-4H3,(H,28,31)(H,29,32)(H,30,35)(H,33,34)/b11-9+/t20?,21?,22-,23-/m0/s1. The van der Waals surface area contributed by atoms with Gasteiger partial charge in [0.05, 0.1) is 0 Å². The normalized spacial score (nSPS) is 25.4. The van der Waals surface area contributed by atoms with Crippen LogP contribution in [0.1, 0.15) is 97.8 Å². The Morgan fingerprint density at radius 1 is 1.14 bits per heavy atom. The maximum absolute atomic E-state index is 13.0. The van der Waals surface area contributed by atoms with Crippen LogP contribution < -0.4 is 16.0 Å². The van der Waals surface area contributed by atoms with Crippen molar-refractivity contribution in [3.8, 4) is 0 Å². The minimum absolute atomic E-state index is 0.0516. The van der Waals surface area contributed by atoms with E-state index in [9.17, 15) is 24.3 Å². The molecule has 0 aliphatic carbocycles. The van der Waals surface area contributed by atoms with Crippen LogP contribution in [-0.4, -0.2) is 54.2 Å². The number of amides is 3. The molecular weight excluding hydrogens is 462 g/mol. The van der Waals surface area contributed by atoms with Gasteiger partial charge in [0.25, 0.3) is 0 Å². The molecule has 1 aliphatic heterocycles. The summed E-state index contributed by atoms with van der Waals surface area (Å²) in [4.78, 5) is 50.1. The van der Waals surface area contributed by atoms with Crippen molar-refractivity contribution in [3.63, 3.8) is 0 Å². The van der Waals surface area contributed by atoms with Gasteiger partial charge in [0.1, 0.15) is 18.2 Å². The average molecular weight is 510 g/mol. The smallest absolute Gasteiger partial charge is 0.408 e. The van der Waals surface area contributed by atoms with Gasteiger partial charge in [-0.15, -0.1) is 0 Å². The van der Waals surface area contributed by atoms with E-state index >= 15 is 0 Å². The molecule has 2 unspecified atom stereocenters. The van der Waals surface area contributed by atoms with Crippen LogP contribution in [0.15, 0.2) is 12.2 Å². The van der Waals surface area contributed by atoms with Gasteiger partial charge in [0.2, 0.25) is 11.8 Å². The number of carbonyl (C=O) groups is 4. The van der Waals surface area contributed by atoms with Gasteiger partial charge in [0.15, 0.2) is 0 Å². The SMILES string of the molecule is CCCCCCCC1CCC/C=C/CC(C(=O)NC)C[C@@H](C(=O)O)NC(=O)[C@H](CC(C)C)NC(=O)O1. The van der Waals surface area contributed by atoms with Crippen molar-refractivity contribution in [2.75, 3.05) is 7.05 Å². The fourth-order valence-electron chi connectivity index (χ4n) is 4.40. The molecule has 1 aliphatic rings. The Kier molecular flexibility index (Phi) is 15.5. The summed E-state index contributed by atoms with van der Waals surface area (Å²) < 4.78 is 5.73. The lowest BCUT2D eigenvalue weighted by atomic mass is 9.94. The first-order valence-electron chi connectivity index (χ1n) is 13.5. The lowest BCUT2D eigenvalue weighted by molar-refractivity contribution is -0.143. The van der Waals surface area contributed by atoms with E-state index in [-0.39, 0.29) is 24.3 Å². The molecule has 3 amide bonds. The second kappa shape index (κ2) is 17.8. The number of carboxylic acids is 1. The third-order valence-corrected chi connectivity index (χ3v) is 6.46. The molecule has 0 aromatic heterocycles. The molecule has 0 bridgehead atoms. The molecule has 0 aromatic rings. The van der Waals surface area contributed by atoms with Gasteiger partial charge in [-0.05, 0) is 57.3 Å². The summed E-state index contributed by atoms with van der Waals surface area (Å²) in [5, 5.41) is 17.5. The maximum Gasteiger partial charge on any atom is 0.408 e. The highest BCUT2D eigenvalue weighted by Gasteiger charge is 2.31. The summed E-state index contributed by atoms with van der Waals surface area (Å²) in [6.45, 7) is 6.00. The van der Waals surface area contributed by atoms with E-state index in [0.717, 1.165) is 44.9 Å². The lowest BCUT2D eigenvalue weighted by Gasteiger charge is -2.25. The largest absolute Gasteiger partial charge is 0.480 e. The molecule has 0 fully saturated rings. The predicted molar refractivity (Wildman–Crippen MR) is 139 cm³/mol. The van der Waals surface area contributed by atoms with Gasteiger partial charge in [0, 0.05) is 13.0 Å². The average Bonchev–Trinajstić information content (AvgIpc) is 2.82. The molecule has 9 heteroatoms. The lowest BCUT2D eigenvalue weighted by Crippen LogP contribution is -2.53. The predicted octanol–water partition coefficient (Wildman–Crippen LogP) is 4.31. The molecule has 4 N–H and O–H groups in total. The Morgan fingerprint density at radius 3 is 2.50 bits per heavy atom. The summed E-state index contributed by atoms with van der Waals surface area (Å²) >= 11 is 0. The topological polar surface area (TPSA) is 134 Å². The van der Waals surface area contributed by atoms with Crippen molar-refractivity contribution in [1.82, 2.24) is 16.0 Å². The van der Waals surface area contributed by atoms with E-state index in [1.807, 2.05) is 26.0 Å². The van der Waals surface area contributed by atoms with E-state index in [4.69, 9.17) is 4.74 Å². The minimum Gasteiger partial charge on any atom is -0.480 e. The van der Waals surface area contributed by atoms with Gasteiger partial charge < -0.3 is 25.8 Å². The van der Waals surface area contributed by atoms with Crippen LogP contribution >= 0.6 is 0 Å². The molecule has 0 saturated carbocycles. The summed E-state index contributed by atoms with van der Waals surface area (Å²) in [6, 6.07) is -2.19. The highest BCUT2D eigenvalue weighted by Crippen LogP contribution is 2.18. The van der Waals surface area contributed by atoms with Crippen LogP contribution in [0, 0.1) is 11.8 Å². The fraction of sp³-hybridized carbons (Fsp3) is 0.778. The molecule has 1 heterocycles. The number of alkyl carbamates (subject to hydrolysis) is 1. The summed E-state index contributed by atoms with van der Waals surface area (Å²) in [6.07, 6.45) is 12.3. The quantitative estimate of drug-likeness (QED) is 0.256. The zero-order valence-electron chi connectivity index (χ0n) is 22.5. The number of cyclic esters (lactones) is 1. The zero-order valence-corrected chi connectivity index (χ0v) is 22.5. The molecule has 1 rings (SSSR count). The number of carboxylic acid groups (broad SMARTS) is 1. The van der Waals surface area contributed by atoms with Crippen molar-refractivity contribution < 1.29 is 29.0 Å². The number of unbranched alkanes of at least 4 members (excludes halogenated alkanes) is 4. The molecule has 36 heavy (non-hydrogen) atoms. The fourth-order valence-corrected chi connectivity index (χ4v) is 4.40. The van der Waals surface area contributed by atoms with Gasteiger partial charge in [-0.25, -0.2) is 9.59 Å². The first-order valence-corrected chi connectivity index (χ1v) is 13.5. The molecule has 0 aromatic carbocycles. The number of hydrogen-bond acceptors (Lipinski definition) is 5. The number of aliphatic carboxylic acids is 1. The first kappa shape index (κ1) is 31.4. The minimum atomic E-state index is -1.26. The number of hydrogen-bond donors (Lipinski definition) is 4. The number of ether oxygens (including phenoxy) is 1. The summed E-state index contributed by atoms with van der Waals surface area (Å²) in [5.74, 6) is -2.62. The molecule has 206 valence electrons. The third-order valence-electron chi connectivity index (χ3n) is 6.46. The molecule has 0 spiro atoms. The number of nitrogens with one attached hydrogen (secondary N) is 3. The molecular formula is C27H47N3O6. The van der Waals surface area contributed by atoms with Crippen molar-refractivity contribution in [2.24, 2.45) is 11.8 Å². The Bertz CT molecular complexity index is 724. The Balaban J connectivity index is 3.08. The van der Waals surface area contributed by atoms with Gasteiger partial charge in [-0.1, -0.05) is 58.6 Å². The van der Waals surface area contributed by atoms with Gasteiger partial charge in [-0.3, -0.25) is 9.59 Å². The van der Waals surface area contributed by atoms with Gasteiger partial charge >= 0.3 is 12.1 Å². The molecule has 9 nitrogen and oxygen atoms in total. The van der Waals surface area contributed by atoms with Crippen molar-refractivity contribution >= 4 is 23.9 Å². The summed E-state index contributed by atoms with van der Waals surface area (Å²) in [5.41, 5.74) is 0. The van der Waals surface area contributed by atoms with Crippen LogP contribution in [0.25, 0.3) is 0 Å². The van der Waals surface area contributed by atoms with E-state index in [2.05, 4.69) is 22.9 Å². The van der Waals surface area contributed by atoms with Crippen LogP contribution in [0.5, 0.6) is 0 Å². The van der Waals surface area contributed by atoms with Crippen LogP contribution in [0.3, 0.4) is 0 Å². The number of rotatable bonds is 10. The van der Waals surface area contributed by atoms with Crippen molar-refractivity contribution in [1.29, 1.82) is 0 Å². The number of allylic oxidation sites excluding steroid dienone is 2. The van der Waals surface area contributed by atoms with E-state index < -0.39 is 36.0 Å². The monoisotopic (exact) mass is 509 g/mol. The van der Waals surface area contributed by atoms with E-state index in [1.165, 1.54) is 13.5 Å². The second-order valence-electron chi connectivity index (χ2n) is 10.1. The molecule has 0 radical (unpaired) electrons. The van der Waals surface area contributed by atoms with E-state index in [1.54, 1.807) is 0 Å². The van der Waals surface area contributed by atoms with Crippen LogP contribution in [-0.2, 0) is 19.1 Å². The second-order valence-corrected chi connectivity index (χ2v) is 10.1. The molecule has 0 saturated heterocycles. The Labute approximate surface area is 216 Å². The zero-order chi connectivity index (χ0) is 26.9. The highest BCUT2D eigenvalue weighted by atomic mass is 16.6. The molecule has 4 atom stereocenters. The highest BCUT2D eigenvalue weighted by molar-refractivity contribution is 5.89. The first-order chi connectivity index (χ1) is 17.2. The van der Waals surface area contributed by atoms with Crippen LogP contribution in [0.2, 0.25) is 0 Å². The Morgan fingerprint density at radius 2 is 1.86 bits per heavy atom. The maximum atomic E-state index is 13.0. The van der Waals surface area contributed by atoms with Gasteiger partial charge in [-0.2, -0.15) is 0 Å². The van der Waals surface area contributed by atoms with Crippen LogP contribution in [0.4, 0.5) is 4.79 Å². The Hall–Kier alpha value is -2.58. The number of carbonyl (C=O) groups excluding carboxylic acids is 3.